The third-order valence-corrected chi connectivity index (χ3v) is 6.92. The Morgan fingerprint density at radius 2 is 2.13 bits per heavy atom. The molecule has 3 rings (SSSR count). The molecule has 1 N–H and O–H groups in total. The van der Waals surface area contributed by atoms with Crippen molar-refractivity contribution in [1.82, 2.24) is 20.1 Å². The van der Waals surface area contributed by atoms with Crippen LogP contribution in [0.2, 0.25) is 0 Å². The lowest BCUT2D eigenvalue weighted by Crippen LogP contribution is -2.27. The topological polar surface area (TPSA) is 86.1 Å². The molecule has 0 aromatic carbocycles. The van der Waals surface area contributed by atoms with E-state index < -0.39 is 0 Å². The van der Waals surface area contributed by atoms with Gasteiger partial charge in [0.25, 0.3) is 0 Å². The van der Waals surface area contributed by atoms with E-state index in [-0.39, 0.29) is 11.9 Å². The second-order valence-electron chi connectivity index (χ2n) is 7.36. The van der Waals surface area contributed by atoms with Gasteiger partial charge in [0.15, 0.2) is 5.16 Å². The number of nitrogens with zero attached hydrogens (tertiary/aromatic N) is 3. The standard InChI is InChI=1S/C21H30N4O3S2/c1-2-28-20(27)11-6-12-22-19(26)15-30-21-24-23-18(14-17-10-7-13-29-17)25(21)16-8-4-3-5-9-16/h7,10,13,16H,2-6,8-9,11-12,14-15H2,1H3,(H,22,26). The van der Waals surface area contributed by atoms with Gasteiger partial charge in [-0.25, -0.2) is 0 Å². The second-order valence-corrected chi connectivity index (χ2v) is 9.34. The summed E-state index contributed by atoms with van der Waals surface area (Å²) in [6.45, 7) is 2.64. The highest BCUT2D eigenvalue weighted by Gasteiger charge is 2.23. The van der Waals surface area contributed by atoms with Crippen LogP contribution < -0.4 is 5.32 Å². The first-order valence-electron chi connectivity index (χ1n) is 10.7. The lowest BCUT2D eigenvalue weighted by molar-refractivity contribution is -0.143. The molecule has 2 aromatic heterocycles. The molecule has 1 fully saturated rings. The Kier molecular flexibility index (Phi) is 9.20. The maximum Gasteiger partial charge on any atom is 0.305 e. The number of amides is 1. The summed E-state index contributed by atoms with van der Waals surface area (Å²) in [4.78, 5) is 24.9. The van der Waals surface area contributed by atoms with Gasteiger partial charge in [0.2, 0.25) is 5.91 Å². The van der Waals surface area contributed by atoms with Crippen molar-refractivity contribution in [1.29, 1.82) is 0 Å². The number of carbonyl (C=O) groups excluding carboxylic acids is 2. The Morgan fingerprint density at radius 3 is 2.87 bits per heavy atom. The van der Waals surface area contributed by atoms with Gasteiger partial charge < -0.3 is 14.6 Å². The third kappa shape index (κ3) is 6.84. The number of thiophene rings is 1. The zero-order chi connectivity index (χ0) is 21.2. The van der Waals surface area contributed by atoms with Crippen molar-refractivity contribution in [3.05, 3.63) is 28.2 Å². The fourth-order valence-corrected chi connectivity index (χ4v) is 5.23. The first-order chi connectivity index (χ1) is 14.7. The molecule has 0 bridgehead atoms. The first kappa shape index (κ1) is 22.8. The van der Waals surface area contributed by atoms with Gasteiger partial charge in [-0.2, -0.15) is 0 Å². The molecule has 1 amide bonds. The maximum atomic E-state index is 12.2. The first-order valence-corrected chi connectivity index (χ1v) is 12.5. The van der Waals surface area contributed by atoms with Crippen molar-refractivity contribution < 1.29 is 14.3 Å². The molecule has 30 heavy (non-hydrogen) atoms. The number of hydrogen-bond acceptors (Lipinski definition) is 7. The molecule has 7 nitrogen and oxygen atoms in total. The number of nitrogens with one attached hydrogen (secondary N) is 1. The molecule has 1 aliphatic rings. The van der Waals surface area contributed by atoms with Gasteiger partial charge in [-0.3, -0.25) is 9.59 Å². The van der Waals surface area contributed by atoms with Gasteiger partial charge in [-0.05, 0) is 37.6 Å². The van der Waals surface area contributed by atoms with Crippen LogP contribution in [-0.2, 0) is 20.7 Å². The molecule has 0 saturated heterocycles. The van der Waals surface area contributed by atoms with Crippen molar-refractivity contribution in [2.24, 2.45) is 0 Å². The lowest BCUT2D eigenvalue weighted by atomic mass is 9.95. The average Bonchev–Trinajstić information content (AvgIpc) is 3.41. The van der Waals surface area contributed by atoms with E-state index in [0.717, 1.165) is 30.2 Å². The average molecular weight is 451 g/mol. The van der Waals surface area contributed by atoms with Gasteiger partial charge in [-0.15, -0.1) is 21.5 Å². The van der Waals surface area contributed by atoms with Crippen molar-refractivity contribution in [2.45, 2.75) is 69.5 Å². The van der Waals surface area contributed by atoms with Crippen LogP contribution >= 0.6 is 23.1 Å². The van der Waals surface area contributed by atoms with E-state index in [4.69, 9.17) is 4.74 Å². The molecule has 0 radical (unpaired) electrons. The predicted molar refractivity (Wildman–Crippen MR) is 119 cm³/mol. The van der Waals surface area contributed by atoms with Crippen LogP contribution in [0, 0.1) is 0 Å². The number of rotatable bonds is 11. The largest absolute Gasteiger partial charge is 0.466 e. The minimum atomic E-state index is -0.222. The van der Waals surface area contributed by atoms with E-state index in [1.165, 1.54) is 35.9 Å². The number of ether oxygens (including phenoxy) is 1. The lowest BCUT2D eigenvalue weighted by Gasteiger charge is -2.25. The zero-order valence-electron chi connectivity index (χ0n) is 17.5. The van der Waals surface area contributed by atoms with Crippen molar-refractivity contribution in [3.8, 4) is 0 Å². The Morgan fingerprint density at radius 1 is 1.30 bits per heavy atom. The zero-order valence-corrected chi connectivity index (χ0v) is 19.1. The summed E-state index contributed by atoms with van der Waals surface area (Å²) >= 11 is 3.18. The second kappa shape index (κ2) is 12.1. The summed E-state index contributed by atoms with van der Waals surface area (Å²) in [5.41, 5.74) is 0. The third-order valence-electron chi connectivity index (χ3n) is 5.10. The smallest absolute Gasteiger partial charge is 0.305 e. The minimum absolute atomic E-state index is 0.0538. The quantitative estimate of drug-likeness (QED) is 0.316. The molecule has 1 aliphatic carbocycles. The molecular formula is C21H30N4O3S2. The van der Waals surface area contributed by atoms with Gasteiger partial charge in [0, 0.05) is 30.3 Å². The van der Waals surface area contributed by atoms with E-state index in [9.17, 15) is 9.59 Å². The van der Waals surface area contributed by atoms with Crippen LogP contribution in [0.4, 0.5) is 0 Å². The molecule has 0 aliphatic heterocycles. The van der Waals surface area contributed by atoms with Crippen LogP contribution in [0.5, 0.6) is 0 Å². The predicted octanol–water partition coefficient (Wildman–Crippen LogP) is 3.99. The van der Waals surface area contributed by atoms with Crippen LogP contribution in [0.25, 0.3) is 0 Å². The molecule has 9 heteroatoms. The van der Waals surface area contributed by atoms with Crippen LogP contribution in [0.15, 0.2) is 22.7 Å². The van der Waals surface area contributed by atoms with Crippen LogP contribution in [-0.4, -0.2) is 45.5 Å². The number of esters is 1. The Hall–Kier alpha value is -1.87. The molecule has 0 atom stereocenters. The SMILES string of the molecule is CCOC(=O)CCCNC(=O)CSc1nnc(Cc2cccs2)n1C1CCCCC1. The Bertz CT molecular complexity index is 801. The molecule has 1 saturated carbocycles. The van der Waals surface area contributed by atoms with Gasteiger partial charge >= 0.3 is 5.97 Å². The normalized spacial score (nSPS) is 14.6. The molecule has 0 unspecified atom stereocenters. The highest BCUT2D eigenvalue weighted by atomic mass is 32.2. The fourth-order valence-electron chi connectivity index (χ4n) is 3.68. The summed E-state index contributed by atoms with van der Waals surface area (Å²) in [5, 5.41) is 14.7. The summed E-state index contributed by atoms with van der Waals surface area (Å²) in [7, 11) is 0. The van der Waals surface area contributed by atoms with E-state index in [0.29, 0.717) is 37.8 Å². The molecule has 2 aromatic rings. The molecular weight excluding hydrogens is 420 g/mol. The molecule has 2 heterocycles. The number of carbonyl (C=O) groups is 2. The van der Waals surface area contributed by atoms with E-state index in [1.807, 2.05) is 0 Å². The highest BCUT2D eigenvalue weighted by molar-refractivity contribution is 7.99. The molecule has 0 spiro atoms. The minimum Gasteiger partial charge on any atom is -0.466 e. The number of aromatic nitrogens is 3. The van der Waals surface area contributed by atoms with Gasteiger partial charge in [-0.1, -0.05) is 37.1 Å². The summed E-state index contributed by atoms with van der Waals surface area (Å²) in [6, 6.07) is 4.60. The van der Waals surface area contributed by atoms with Gasteiger partial charge in [0.1, 0.15) is 5.82 Å². The highest BCUT2D eigenvalue weighted by Crippen LogP contribution is 2.33. The Labute approximate surface area is 186 Å². The summed E-state index contributed by atoms with van der Waals surface area (Å²) in [6.07, 6.45) is 7.71. The Balaban J connectivity index is 1.55. The number of hydrogen-bond donors (Lipinski definition) is 1. The van der Waals surface area contributed by atoms with Crippen molar-refractivity contribution in [2.75, 3.05) is 18.9 Å². The monoisotopic (exact) mass is 450 g/mol. The van der Waals surface area contributed by atoms with Crippen LogP contribution in [0.1, 0.15) is 68.6 Å². The number of thioether (sulfide) groups is 1. The van der Waals surface area contributed by atoms with E-state index >= 15 is 0 Å². The summed E-state index contributed by atoms with van der Waals surface area (Å²) in [5.74, 6) is 1.01. The summed E-state index contributed by atoms with van der Waals surface area (Å²) < 4.78 is 7.17. The van der Waals surface area contributed by atoms with Crippen molar-refractivity contribution >= 4 is 35.0 Å². The molecule has 164 valence electrons. The van der Waals surface area contributed by atoms with E-state index in [2.05, 4.69) is 37.6 Å². The van der Waals surface area contributed by atoms with Gasteiger partial charge in [0.05, 0.1) is 12.4 Å². The van der Waals surface area contributed by atoms with Crippen LogP contribution in [0.3, 0.4) is 0 Å². The van der Waals surface area contributed by atoms with Crippen molar-refractivity contribution in [3.63, 3.8) is 0 Å². The fraction of sp³-hybridized carbons (Fsp3) is 0.619. The van der Waals surface area contributed by atoms with E-state index in [1.54, 1.807) is 18.3 Å². The maximum absolute atomic E-state index is 12.2.